The number of ether oxygens (including phenoxy) is 1. The minimum Gasteiger partial charge on any atom is -0.485 e. The minimum atomic E-state index is 0.494. The Morgan fingerprint density at radius 2 is 2.21 bits per heavy atom. The van der Waals surface area contributed by atoms with Crippen molar-refractivity contribution in [2.45, 2.75) is 27.0 Å². The summed E-state index contributed by atoms with van der Waals surface area (Å²) in [5.41, 5.74) is 2.35. The van der Waals surface area contributed by atoms with E-state index in [1.54, 1.807) is 6.20 Å². The van der Waals surface area contributed by atoms with Crippen molar-refractivity contribution in [3.8, 4) is 5.75 Å². The van der Waals surface area contributed by atoms with E-state index in [2.05, 4.69) is 42.3 Å². The molecule has 0 amide bonds. The SMILES string of the molecule is CCNCc1cccc(C)c1OCc1nccn1C. The summed E-state index contributed by atoms with van der Waals surface area (Å²) in [6, 6.07) is 6.24. The maximum atomic E-state index is 5.97. The molecule has 1 N–H and O–H groups in total. The Morgan fingerprint density at radius 3 is 2.89 bits per heavy atom. The van der Waals surface area contributed by atoms with E-state index in [0.717, 1.165) is 30.2 Å². The quantitative estimate of drug-likeness (QED) is 0.866. The first-order chi connectivity index (χ1) is 9.22. The second kappa shape index (κ2) is 6.38. The molecule has 1 aromatic heterocycles. The number of rotatable bonds is 6. The Morgan fingerprint density at radius 1 is 1.37 bits per heavy atom. The number of aromatic nitrogens is 2. The summed E-state index contributed by atoms with van der Waals surface area (Å²) in [4.78, 5) is 4.27. The maximum Gasteiger partial charge on any atom is 0.146 e. The second-order valence-corrected chi connectivity index (χ2v) is 4.59. The highest BCUT2D eigenvalue weighted by Crippen LogP contribution is 2.24. The van der Waals surface area contributed by atoms with E-state index in [4.69, 9.17) is 4.74 Å². The molecule has 0 radical (unpaired) electrons. The third-order valence-electron chi connectivity index (χ3n) is 3.13. The summed E-state index contributed by atoms with van der Waals surface area (Å²) < 4.78 is 7.94. The average molecular weight is 259 g/mol. The fraction of sp³-hybridized carbons (Fsp3) is 0.400. The van der Waals surface area contributed by atoms with E-state index in [1.165, 1.54) is 5.56 Å². The highest BCUT2D eigenvalue weighted by Gasteiger charge is 2.08. The molecule has 4 nitrogen and oxygen atoms in total. The lowest BCUT2D eigenvalue weighted by Crippen LogP contribution is -2.13. The second-order valence-electron chi connectivity index (χ2n) is 4.59. The Bertz CT molecular complexity index is 534. The molecule has 0 aliphatic carbocycles. The molecule has 4 heteroatoms. The molecule has 0 unspecified atom stereocenters. The Labute approximate surface area is 114 Å². The molecule has 0 aliphatic rings. The molecule has 0 atom stereocenters. The van der Waals surface area contributed by atoms with Gasteiger partial charge in [-0.2, -0.15) is 0 Å². The van der Waals surface area contributed by atoms with Crippen molar-refractivity contribution in [3.05, 3.63) is 47.5 Å². The third-order valence-corrected chi connectivity index (χ3v) is 3.13. The molecule has 19 heavy (non-hydrogen) atoms. The summed E-state index contributed by atoms with van der Waals surface area (Å²) in [6.07, 6.45) is 3.71. The molecule has 102 valence electrons. The van der Waals surface area contributed by atoms with Crippen molar-refractivity contribution >= 4 is 0 Å². The van der Waals surface area contributed by atoms with Gasteiger partial charge in [-0.1, -0.05) is 25.1 Å². The van der Waals surface area contributed by atoms with Crippen LogP contribution < -0.4 is 10.1 Å². The lowest BCUT2D eigenvalue weighted by Gasteiger charge is -2.14. The fourth-order valence-corrected chi connectivity index (χ4v) is 1.99. The predicted molar refractivity (Wildman–Crippen MR) is 76.1 cm³/mol. The first-order valence-electron chi connectivity index (χ1n) is 6.60. The van der Waals surface area contributed by atoms with Crippen molar-refractivity contribution < 1.29 is 4.74 Å². The molecule has 2 rings (SSSR count). The summed E-state index contributed by atoms with van der Waals surface area (Å²) >= 11 is 0. The zero-order valence-electron chi connectivity index (χ0n) is 11.8. The number of para-hydroxylation sites is 1. The number of aryl methyl sites for hydroxylation is 2. The third kappa shape index (κ3) is 3.35. The van der Waals surface area contributed by atoms with E-state index >= 15 is 0 Å². The van der Waals surface area contributed by atoms with Crippen LogP contribution in [0.5, 0.6) is 5.75 Å². The summed E-state index contributed by atoms with van der Waals surface area (Å²) in [5.74, 6) is 1.89. The van der Waals surface area contributed by atoms with Crippen LogP contribution >= 0.6 is 0 Å². The summed E-state index contributed by atoms with van der Waals surface area (Å²) in [7, 11) is 1.98. The predicted octanol–water partition coefficient (Wildman–Crippen LogP) is 2.42. The van der Waals surface area contributed by atoms with Crippen LogP contribution in [0.1, 0.15) is 23.9 Å². The number of benzene rings is 1. The smallest absolute Gasteiger partial charge is 0.146 e. The summed E-state index contributed by atoms with van der Waals surface area (Å²) in [6.45, 7) is 6.45. The molecule has 1 aromatic carbocycles. The zero-order chi connectivity index (χ0) is 13.7. The highest BCUT2D eigenvalue weighted by molar-refractivity contribution is 5.40. The monoisotopic (exact) mass is 259 g/mol. The Balaban J connectivity index is 2.12. The van der Waals surface area contributed by atoms with Gasteiger partial charge < -0.3 is 14.6 Å². The normalized spacial score (nSPS) is 10.7. The van der Waals surface area contributed by atoms with Crippen molar-refractivity contribution in [3.63, 3.8) is 0 Å². The van der Waals surface area contributed by atoms with Crippen molar-refractivity contribution in [1.82, 2.24) is 14.9 Å². The topological polar surface area (TPSA) is 39.1 Å². The van der Waals surface area contributed by atoms with Crippen LogP contribution in [0, 0.1) is 6.92 Å². The standard InChI is InChI=1S/C15H21N3O/c1-4-16-10-13-7-5-6-12(2)15(13)19-11-14-17-8-9-18(14)3/h5-9,16H,4,10-11H2,1-3H3. The molecule has 0 spiro atoms. The Kier molecular flexibility index (Phi) is 4.58. The van der Waals surface area contributed by atoms with Crippen LogP contribution in [-0.4, -0.2) is 16.1 Å². The van der Waals surface area contributed by atoms with Gasteiger partial charge in [0, 0.05) is 31.5 Å². The van der Waals surface area contributed by atoms with Crippen LogP contribution in [0.2, 0.25) is 0 Å². The van der Waals surface area contributed by atoms with Crippen molar-refractivity contribution in [1.29, 1.82) is 0 Å². The molecule has 0 aliphatic heterocycles. The number of imidazole rings is 1. The van der Waals surface area contributed by atoms with Gasteiger partial charge in [0.2, 0.25) is 0 Å². The molecule has 0 saturated heterocycles. The van der Waals surface area contributed by atoms with Crippen LogP contribution in [0.4, 0.5) is 0 Å². The van der Waals surface area contributed by atoms with Gasteiger partial charge in [0.05, 0.1) is 0 Å². The average Bonchev–Trinajstić information content (AvgIpc) is 2.81. The van der Waals surface area contributed by atoms with E-state index in [0.29, 0.717) is 6.61 Å². The number of nitrogens with zero attached hydrogens (tertiary/aromatic N) is 2. The largest absolute Gasteiger partial charge is 0.485 e. The molecular weight excluding hydrogens is 238 g/mol. The van der Waals surface area contributed by atoms with Gasteiger partial charge in [-0.15, -0.1) is 0 Å². The Hall–Kier alpha value is -1.81. The van der Waals surface area contributed by atoms with Gasteiger partial charge >= 0.3 is 0 Å². The number of nitrogens with one attached hydrogen (secondary N) is 1. The van der Waals surface area contributed by atoms with E-state index in [-0.39, 0.29) is 0 Å². The van der Waals surface area contributed by atoms with Gasteiger partial charge in [-0.05, 0) is 19.0 Å². The van der Waals surface area contributed by atoms with Gasteiger partial charge in [0.25, 0.3) is 0 Å². The fourth-order valence-electron chi connectivity index (χ4n) is 1.99. The van der Waals surface area contributed by atoms with Gasteiger partial charge in [0.1, 0.15) is 18.2 Å². The van der Waals surface area contributed by atoms with Gasteiger partial charge in [-0.25, -0.2) is 4.98 Å². The molecule has 0 fully saturated rings. The molecular formula is C15H21N3O. The highest BCUT2D eigenvalue weighted by atomic mass is 16.5. The minimum absolute atomic E-state index is 0.494. The van der Waals surface area contributed by atoms with Crippen LogP contribution in [0.3, 0.4) is 0 Å². The zero-order valence-corrected chi connectivity index (χ0v) is 11.8. The molecule has 1 heterocycles. The van der Waals surface area contributed by atoms with E-state index < -0.39 is 0 Å². The van der Waals surface area contributed by atoms with Gasteiger partial charge in [-0.3, -0.25) is 0 Å². The van der Waals surface area contributed by atoms with Crippen molar-refractivity contribution in [2.75, 3.05) is 6.54 Å². The first kappa shape index (κ1) is 13.6. The molecule has 0 saturated carbocycles. The van der Waals surface area contributed by atoms with Crippen LogP contribution in [0.15, 0.2) is 30.6 Å². The van der Waals surface area contributed by atoms with Crippen LogP contribution in [-0.2, 0) is 20.2 Å². The van der Waals surface area contributed by atoms with Gasteiger partial charge in [0.15, 0.2) is 0 Å². The summed E-state index contributed by atoms with van der Waals surface area (Å²) in [5, 5.41) is 3.34. The molecule has 2 aromatic rings. The molecule has 0 bridgehead atoms. The van der Waals surface area contributed by atoms with E-state index in [1.807, 2.05) is 17.8 Å². The number of hydrogen-bond donors (Lipinski definition) is 1. The maximum absolute atomic E-state index is 5.97. The lowest BCUT2D eigenvalue weighted by molar-refractivity contribution is 0.286. The first-order valence-corrected chi connectivity index (χ1v) is 6.60. The number of hydrogen-bond acceptors (Lipinski definition) is 3. The van der Waals surface area contributed by atoms with Crippen LogP contribution in [0.25, 0.3) is 0 Å². The lowest BCUT2D eigenvalue weighted by atomic mass is 10.1. The van der Waals surface area contributed by atoms with Crippen molar-refractivity contribution in [2.24, 2.45) is 7.05 Å². The van der Waals surface area contributed by atoms with E-state index in [9.17, 15) is 0 Å².